The maximum absolute atomic E-state index is 14.0. The van der Waals surface area contributed by atoms with Gasteiger partial charge in [-0.15, -0.1) is 11.8 Å². The predicted octanol–water partition coefficient (Wildman–Crippen LogP) is 5.20. The van der Waals surface area contributed by atoms with E-state index in [9.17, 15) is 4.39 Å². The maximum Gasteiger partial charge on any atom is 0.127 e. The molecule has 1 atom stereocenters. The molecule has 1 unspecified atom stereocenters. The lowest BCUT2D eigenvalue weighted by atomic mass is 9.98. The van der Waals surface area contributed by atoms with Crippen molar-refractivity contribution in [1.82, 2.24) is 5.32 Å². The number of halogens is 2. The van der Waals surface area contributed by atoms with E-state index in [1.54, 1.807) is 11.8 Å². The van der Waals surface area contributed by atoms with E-state index in [2.05, 4.69) is 58.7 Å². The standard InChI is InChI=1S/C17H19BrFNS/c1-3-20-17(12-5-8-15(21-2)9-6-12)10-13-4-7-14(18)11-16(13)19/h4-9,11,17,20H,3,10H2,1-2H3. The first-order chi connectivity index (χ1) is 10.1. The van der Waals surface area contributed by atoms with Crippen LogP contribution in [-0.2, 0) is 6.42 Å². The first kappa shape index (κ1) is 16.5. The van der Waals surface area contributed by atoms with Crippen LogP contribution >= 0.6 is 27.7 Å². The first-order valence-electron chi connectivity index (χ1n) is 6.95. The van der Waals surface area contributed by atoms with E-state index in [1.807, 2.05) is 12.1 Å². The van der Waals surface area contributed by atoms with Crippen molar-refractivity contribution in [2.45, 2.75) is 24.3 Å². The molecule has 1 nitrogen and oxygen atoms in total. The lowest BCUT2D eigenvalue weighted by molar-refractivity contribution is 0.527. The number of thioether (sulfide) groups is 1. The summed E-state index contributed by atoms with van der Waals surface area (Å²) in [5.41, 5.74) is 1.93. The predicted molar refractivity (Wildman–Crippen MR) is 92.4 cm³/mol. The van der Waals surface area contributed by atoms with Crippen molar-refractivity contribution in [1.29, 1.82) is 0 Å². The summed E-state index contributed by atoms with van der Waals surface area (Å²) < 4.78 is 14.8. The number of likely N-dealkylation sites (N-methyl/N-ethyl adjacent to an activating group) is 1. The van der Waals surface area contributed by atoms with Gasteiger partial charge < -0.3 is 5.32 Å². The fraction of sp³-hybridized carbons (Fsp3) is 0.294. The van der Waals surface area contributed by atoms with Gasteiger partial charge in [-0.1, -0.05) is 41.1 Å². The molecule has 21 heavy (non-hydrogen) atoms. The Labute approximate surface area is 138 Å². The van der Waals surface area contributed by atoms with E-state index in [0.29, 0.717) is 6.42 Å². The smallest absolute Gasteiger partial charge is 0.127 e. The third-order valence-electron chi connectivity index (χ3n) is 3.41. The first-order valence-corrected chi connectivity index (χ1v) is 8.97. The highest BCUT2D eigenvalue weighted by molar-refractivity contribution is 9.10. The molecule has 2 aromatic rings. The van der Waals surface area contributed by atoms with Crippen LogP contribution in [0, 0.1) is 5.82 Å². The molecule has 0 aliphatic rings. The van der Waals surface area contributed by atoms with Crippen molar-refractivity contribution in [3.8, 4) is 0 Å². The fourth-order valence-corrected chi connectivity index (χ4v) is 3.04. The monoisotopic (exact) mass is 367 g/mol. The zero-order chi connectivity index (χ0) is 15.2. The molecule has 112 valence electrons. The number of rotatable bonds is 6. The van der Waals surface area contributed by atoms with Crippen molar-refractivity contribution in [3.05, 3.63) is 63.9 Å². The molecule has 0 bridgehead atoms. The Balaban J connectivity index is 2.21. The van der Waals surface area contributed by atoms with Gasteiger partial charge in [0.25, 0.3) is 0 Å². The molecule has 2 rings (SSSR count). The molecule has 0 aromatic heterocycles. The normalized spacial score (nSPS) is 12.4. The number of hydrogen-bond acceptors (Lipinski definition) is 2. The molecular weight excluding hydrogens is 349 g/mol. The van der Waals surface area contributed by atoms with Crippen LogP contribution in [0.2, 0.25) is 0 Å². The highest BCUT2D eigenvalue weighted by atomic mass is 79.9. The highest BCUT2D eigenvalue weighted by Crippen LogP contribution is 2.24. The van der Waals surface area contributed by atoms with Gasteiger partial charge in [-0.05, 0) is 54.6 Å². The molecule has 0 spiro atoms. The Hall–Kier alpha value is -0.840. The summed E-state index contributed by atoms with van der Waals surface area (Å²) in [5, 5.41) is 3.44. The van der Waals surface area contributed by atoms with Gasteiger partial charge >= 0.3 is 0 Å². The number of nitrogens with one attached hydrogen (secondary N) is 1. The summed E-state index contributed by atoms with van der Waals surface area (Å²) in [5.74, 6) is -0.159. The van der Waals surface area contributed by atoms with E-state index in [-0.39, 0.29) is 11.9 Å². The SMILES string of the molecule is CCNC(Cc1ccc(Br)cc1F)c1ccc(SC)cc1. The molecule has 0 aliphatic carbocycles. The Kier molecular flexibility index (Phi) is 6.27. The van der Waals surface area contributed by atoms with Crippen LogP contribution in [0.4, 0.5) is 4.39 Å². The molecule has 1 N–H and O–H groups in total. The van der Waals surface area contributed by atoms with Gasteiger partial charge in [0.1, 0.15) is 5.82 Å². The van der Waals surface area contributed by atoms with Crippen molar-refractivity contribution >= 4 is 27.7 Å². The average Bonchev–Trinajstić information content (AvgIpc) is 2.49. The molecule has 0 amide bonds. The van der Waals surface area contributed by atoms with E-state index < -0.39 is 0 Å². The Bertz CT molecular complexity index is 586. The minimum atomic E-state index is -0.159. The molecule has 0 radical (unpaired) electrons. The molecule has 0 heterocycles. The Morgan fingerprint density at radius 3 is 2.48 bits per heavy atom. The third kappa shape index (κ3) is 4.56. The second-order valence-electron chi connectivity index (χ2n) is 4.82. The lowest BCUT2D eigenvalue weighted by Gasteiger charge is -2.19. The van der Waals surface area contributed by atoms with E-state index in [0.717, 1.165) is 16.6 Å². The summed E-state index contributed by atoms with van der Waals surface area (Å²) in [6.45, 7) is 2.92. The molecule has 4 heteroatoms. The molecule has 0 saturated heterocycles. The van der Waals surface area contributed by atoms with Gasteiger partial charge in [-0.25, -0.2) is 4.39 Å². The van der Waals surface area contributed by atoms with Gasteiger partial charge in [-0.2, -0.15) is 0 Å². The van der Waals surface area contributed by atoms with Crippen LogP contribution in [-0.4, -0.2) is 12.8 Å². The maximum atomic E-state index is 14.0. The van der Waals surface area contributed by atoms with Gasteiger partial charge in [0.2, 0.25) is 0 Å². The van der Waals surface area contributed by atoms with Crippen LogP contribution in [0.25, 0.3) is 0 Å². The Morgan fingerprint density at radius 2 is 1.90 bits per heavy atom. The number of benzene rings is 2. The minimum Gasteiger partial charge on any atom is -0.310 e. The second-order valence-corrected chi connectivity index (χ2v) is 6.62. The zero-order valence-corrected chi connectivity index (χ0v) is 14.6. The van der Waals surface area contributed by atoms with Gasteiger partial charge in [-0.3, -0.25) is 0 Å². The summed E-state index contributed by atoms with van der Waals surface area (Å²) in [6.07, 6.45) is 2.71. The zero-order valence-electron chi connectivity index (χ0n) is 12.2. The molecule has 0 fully saturated rings. The number of hydrogen-bond donors (Lipinski definition) is 1. The topological polar surface area (TPSA) is 12.0 Å². The summed E-state index contributed by atoms with van der Waals surface area (Å²) in [6, 6.07) is 13.9. The van der Waals surface area contributed by atoms with Crippen LogP contribution in [0.5, 0.6) is 0 Å². The van der Waals surface area contributed by atoms with Crippen molar-refractivity contribution in [2.24, 2.45) is 0 Å². The fourth-order valence-electron chi connectivity index (χ4n) is 2.30. The summed E-state index contributed by atoms with van der Waals surface area (Å²) in [7, 11) is 0. The largest absolute Gasteiger partial charge is 0.310 e. The lowest BCUT2D eigenvalue weighted by Crippen LogP contribution is -2.23. The molecule has 0 aliphatic heterocycles. The van der Waals surface area contributed by atoms with Crippen molar-refractivity contribution < 1.29 is 4.39 Å². The minimum absolute atomic E-state index is 0.126. The van der Waals surface area contributed by atoms with Gasteiger partial charge in [0, 0.05) is 15.4 Å². The van der Waals surface area contributed by atoms with Crippen LogP contribution in [0.1, 0.15) is 24.1 Å². The second kappa shape index (κ2) is 7.97. The van der Waals surface area contributed by atoms with Crippen molar-refractivity contribution in [3.63, 3.8) is 0 Å². The van der Waals surface area contributed by atoms with Crippen LogP contribution in [0.3, 0.4) is 0 Å². The van der Waals surface area contributed by atoms with Crippen LogP contribution in [0.15, 0.2) is 51.8 Å². The van der Waals surface area contributed by atoms with E-state index in [1.165, 1.54) is 16.5 Å². The van der Waals surface area contributed by atoms with Gasteiger partial charge in [0.05, 0.1) is 0 Å². The average molecular weight is 368 g/mol. The van der Waals surface area contributed by atoms with E-state index >= 15 is 0 Å². The molecule has 2 aromatic carbocycles. The quantitative estimate of drug-likeness (QED) is 0.703. The van der Waals surface area contributed by atoms with Crippen LogP contribution < -0.4 is 5.32 Å². The highest BCUT2D eigenvalue weighted by Gasteiger charge is 2.14. The Morgan fingerprint density at radius 1 is 1.19 bits per heavy atom. The molecule has 0 saturated carbocycles. The molecular formula is C17H19BrFNS. The summed E-state index contributed by atoms with van der Waals surface area (Å²) >= 11 is 5.02. The van der Waals surface area contributed by atoms with Crippen molar-refractivity contribution in [2.75, 3.05) is 12.8 Å². The summed E-state index contributed by atoms with van der Waals surface area (Å²) in [4.78, 5) is 1.24. The third-order valence-corrected chi connectivity index (χ3v) is 4.64. The van der Waals surface area contributed by atoms with Gasteiger partial charge in [0.15, 0.2) is 0 Å². The van der Waals surface area contributed by atoms with E-state index in [4.69, 9.17) is 0 Å².